The summed E-state index contributed by atoms with van der Waals surface area (Å²) >= 11 is 0. The zero-order chi connectivity index (χ0) is 16.2. The van der Waals surface area contributed by atoms with Crippen LogP contribution >= 0.6 is 0 Å². The molecule has 1 aliphatic rings. The molecule has 120 valence electrons. The number of carboxylic acids is 1. The Morgan fingerprint density at radius 2 is 1.95 bits per heavy atom. The fourth-order valence-electron chi connectivity index (χ4n) is 3.29. The summed E-state index contributed by atoms with van der Waals surface area (Å²) < 4.78 is 14.2. The average Bonchev–Trinajstić information content (AvgIpc) is 2.97. The molecule has 1 aliphatic carbocycles. The molecular weight excluding hydrogens is 285 g/mol. The Morgan fingerprint density at radius 1 is 1.32 bits per heavy atom. The normalized spacial score (nSPS) is 17.9. The van der Waals surface area contributed by atoms with E-state index in [1.54, 1.807) is 18.2 Å². The molecule has 1 aromatic rings. The van der Waals surface area contributed by atoms with Gasteiger partial charge in [0.15, 0.2) is 0 Å². The van der Waals surface area contributed by atoms with Crippen LogP contribution in [0, 0.1) is 5.82 Å². The highest BCUT2D eigenvalue weighted by molar-refractivity contribution is 5.91. The van der Waals surface area contributed by atoms with Gasteiger partial charge in [-0.3, -0.25) is 4.79 Å². The van der Waals surface area contributed by atoms with Gasteiger partial charge in [-0.1, -0.05) is 44.4 Å². The van der Waals surface area contributed by atoms with Gasteiger partial charge in [-0.15, -0.1) is 0 Å². The molecule has 5 heteroatoms. The second-order valence-electron chi connectivity index (χ2n) is 5.92. The topological polar surface area (TPSA) is 66.4 Å². The highest BCUT2D eigenvalue weighted by Gasteiger charge is 2.45. The van der Waals surface area contributed by atoms with Crippen LogP contribution in [0.5, 0.6) is 0 Å². The van der Waals surface area contributed by atoms with Gasteiger partial charge in [0.2, 0.25) is 5.91 Å². The van der Waals surface area contributed by atoms with Crippen molar-refractivity contribution in [2.75, 3.05) is 0 Å². The molecule has 2 N–H and O–H groups in total. The molecule has 0 saturated heterocycles. The lowest BCUT2D eigenvalue weighted by atomic mass is 9.77. The molecule has 0 bridgehead atoms. The van der Waals surface area contributed by atoms with Gasteiger partial charge < -0.3 is 10.4 Å². The van der Waals surface area contributed by atoms with Crippen LogP contribution < -0.4 is 5.32 Å². The Balaban J connectivity index is 2.30. The monoisotopic (exact) mass is 307 g/mol. The van der Waals surface area contributed by atoms with E-state index in [9.17, 15) is 19.1 Å². The van der Waals surface area contributed by atoms with Gasteiger partial charge in [0.1, 0.15) is 11.9 Å². The van der Waals surface area contributed by atoms with Crippen LogP contribution in [-0.2, 0) is 15.0 Å². The van der Waals surface area contributed by atoms with E-state index in [0.29, 0.717) is 31.2 Å². The van der Waals surface area contributed by atoms with Gasteiger partial charge >= 0.3 is 5.97 Å². The number of benzene rings is 1. The van der Waals surface area contributed by atoms with Crippen LogP contribution in [0.2, 0.25) is 0 Å². The number of carboxylic acid groups (broad SMARTS) is 1. The highest BCUT2D eigenvalue weighted by atomic mass is 19.1. The van der Waals surface area contributed by atoms with E-state index < -0.39 is 23.2 Å². The summed E-state index contributed by atoms with van der Waals surface area (Å²) in [5.74, 6) is -1.81. The number of aliphatic carboxylic acids is 1. The van der Waals surface area contributed by atoms with E-state index in [0.717, 1.165) is 12.8 Å². The SMILES string of the molecule is CCCC(NC(=O)C1(c2ccccc2F)CCCC1)C(=O)O. The maximum absolute atomic E-state index is 14.2. The number of halogens is 1. The number of carbonyl (C=O) groups is 2. The molecule has 4 nitrogen and oxygen atoms in total. The number of hydrogen-bond acceptors (Lipinski definition) is 2. The summed E-state index contributed by atoms with van der Waals surface area (Å²) in [5, 5.41) is 11.8. The number of amides is 1. The second kappa shape index (κ2) is 6.90. The van der Waals surface area contributed by atoms with Gasteiger partial charge in [-0.25, -0.2) is 9.18 Å². The number of hydrogen-bond donors (Lipinski definition) is 2. The maximum Gasteiger partial charge on any atom is 0.326 e. The molecule has 1 saturated carbocycles. The van der Waals surface area contributed by atoms with Gasteiger partial charge in [0.25, 0.3) is 0 Å². The third-order valence-corrected chi connectivity index (χ3v) is 4.46. The van der Waals surface area contributed by atoms with Crippen molar-refractivity contribution in [1.82, 2.24) is 5.32 Å². The number of nitrogens with one attached hydrogen (secondary N) is 1. The van der Waals surface area contributed by atoms with Crippen molar-refractivity contribution >= 4 is 11.9 Å². The van der Waals surface area contributed by atoms with E-state index in [4.69, 9.17) is 0 Å². The third kappa shape index (κ3) is 3.13. The van der Waals surface area contributed by atoms with Crippen molar-refractivity contribution in [2.24, 2.45) is 0 Å². The summed E-state index contributed by atoms with van der Waals surface area (Å²) in [6, 6.07) is 5.38. The lowest BCUT2D eigenvalue weighted by Crippen LogP contribution is -2.50. The van der Waals surface area contributed by atoms with Crippen LogP contribution in [0.4, 0.5) is 4.39 Å². The molecule has 1 atom stereocenters. The van der Waals surface area contributed by atoms with Gasteiger partial charge in [-0.05, 0) is 25.3 Å². The first-order chi connectivity index (χ1) is 10.5. The standard InChI is InChI=1S/C17H22FNO3/c1-2-7-14(15(20)21)19-16(22)17(10-5-6-11-17)12-8-3-4-9-13(12)18/h3-4,8-9,14H,2,5-7,10-11H2,1H3,(H,19,22)(H,20,21). The van der Waals surface area contributed by atoms with E-state index >= 15 is 0 Å². The van der Waals surface area contributed by atoms with Crippen molar-refractivity contribution < 1.29 is 19.1 Å². The van der Waals surface area contributed by atoms with Crippen LogP contribution in [-0.4, -0.2) is 23.0 Å². The molecule has 1 fully saturated rings. The quantitative estimate of drug-likeness (QED) is 0.849. The molecule has 1 unspecified atom stereocenters. The van der Waals surface area contributed by atoms with E-state index in [-0.39, 0.29) is 5.91 Å². The Bertz CT molecular complexity index is 553. The van der Waals surface area contributed by atoms with Crippen LogP contribution in [0.15, 0.2) is 24.3 Å². The van der Waals surface area contributed by atoms with Gasteiger partial charge in [0, 0.05) is 5.56 Å². The summed E-state index contributed by atoms with van der Waals surface area (Å²) in [6.07, 6.45) is 3.81. The smallest absolute Gasteiger partial charge is 0.326 e. The van der Waals surface area contributed by atoms with Crippen LogP contribution in [0.1, 0.15) is 51.0 Å². The minimum absolute atomic E-state index is 0.365. The summed E-state index contributed by atoms with van der Waals surface area (Å²) in [6.45, 7) is 1.87. The summed E-state index contributed by atoms with van der Waals surface area (Å²) in [4.78, 5) is 24.0. The Labute approximate surface area is 129 Å². The lowest BCUT2D eigenvalue weighted by molar-refractivity contribution is -0.143. The van der Waals surface area contributed by atoms with Crippen molar-refractivity contribution in [3.8, 4) is 0 Å². The number of rotatable bonds is 6. The van der Waals surface area contributed by atoms with E-state index in [1.807, 2.05) is 6.92 Å². The fourth-order valence-corrected chi connectivity index (χ4v) is 3.29. The molecule has 0 radical (unpaired) electrons. The molecule has 0 spiro atoms. The van der Waals surface area contributed by atoms with Crippen molar-refractivity contribution in [2.45, 2.75) is 56.9 Å². The average molecular weight is 307 g/mol. The first-order valence-electron chi connectivity index (χ1n) is 7.80. The Kier molecular flexibility index (Phi) is 5.16. The summed E-state index contributed by atoms with van der Waals surface area (Å²) in [5.41, 5.74) is -0.557. The minimum atomic E-state index is -1.04. The van der Waals surface area contributed by atoms with E-state index in [2.05, 4.69) is 5.32 Å². The van der Waals surface area contributed by atoms with Crippen molar-refractivity contribution in [3.05, 3.63) is 35.6 Å². The zero-order valence-electron chi connectivity index (χ0n) is 12.8. The van der Waals surface area contributed by atoms with Crippen molar-refractivity contribution in [3.63, 3.8) is 0 Å². The molecule has 0 aliphatic heterocycles. The van der Waals surface area contributed by atoms with Crippen molar-refractivity contribution in [1.29, 1.82) is 0 Å². The Morgan fingerprint density at radius 3 is 2.50 bits per heavy atom. The number of carbonyl (C=O) groups excluding carboxylic acids is 1. The molecule has 0 heterocycles. The lowest BCUT2D eigenvalue weighted by Gasteiger charge is -2.30. The molecule has 22 heavy (non-hydrogen) atoms. The fraction of sp³-hybridized carbons (Fsp3) is 0.529. The van der Waals surface area contributed by atoms with Crippen LogP contribution in [0.25, 0.3) is 0 Å². The predicted octanol–water partition coefficient (Wildman–Crippen LogP) is 3.01. The predicted molar refractivity (Wildman–Crippen MR) is 81.0 cm³/mol. The summed E-state index contributed by atoms with van der Waals surface area (Å²) in [7, 11) is 0. The highest BCUT2D eigenvalue weighted by Crippen LogP contribution is 2.42. The largest absolute Gasteiger partial charge is 0.480 e. The first kappa shape index (κ1) is 16.5. The molecule has 1 aromatic carbocycles. The Hall–Kier alpha value is -1.91. The molecular formula is C17H22FNO3. The molecule has 2 rings (SSSR count). The minimum Gasteiger partial charge on any atom is -0.480 e. The molecule has 1 amide bonds. The zero-order valence-corrected chi connectivity index (χ0v) is 12.8. The van der Waals surface area contributed by atoms with Gasteiger partial charge in [0.05, 0.1) is 5.41 Å². The maximum atomic E-state index is 14.2. The van der Waals surface area contributed by atoms with E-state index in [1.165, 1.54) is 6.07 Å². The first-order valence-corrected chi connectivity index (χ1v) is 7.80. The second-order valence-corrected chi connectivity index (χ2v) is 5.92. The molecule has 0 aromatic heterocycles. The van der Waals surface area contributed by atoms with Crippen LogP contribution in [0.3, 0.4) is 0 Å². The van der Waals surface area contributed by atoms with Gasteiger partial charge in [-0.2, -0.15) is 0 Å². The third-order valence-electron chi connectivity index (χ3n) is 4.46.